The van der Waals surface area contributed by atoms with Gasteiger partial charge < -0.3 is 10.4 Å². The molecule has 1 aromatic rings. The Morgan fingerprint density at radius 2 is 2.21 bits per heavy atom. The van der Waals surface area contributed by atoms with E-state index in [0.717, 1.165) is 12.1 Å². The molecule has 0 aliphatic heterocycles. The molecular weight excluding hydrogens is 178 g/mol. The maximum absolute atomic E-state index is 8.82. The lowest BCUT2D eigenvalue weighted by molar-refractivity contribution is 0.251. The maximum atomic E-state index is 8.82. The molecule has 80 valence electrons. The molecule has 4 nitrogen and oxygen atoms in total. The summed E-state index contributed by atoms with van der Waals surface area (Å²) in [5, 5.41) is 16.3. The quantitative estimate of drug-likeness (QED) is 0.738. The molecule has 1 atom stereocenters. The zero-order valence-electron chi connectivity index (χ0n) is 9.07. The molecule has 0 saturated carbocycles. The van der Waals surface area contributed by atoms with Crippen molar-refractivity contribution in [2.45, 2.75) is 39.4 Å². The Labute approximate surface area is 84.9 Å². The van der Waals surface area contributed by atoms with Gasteiger partial charge in [-0.2, -0.15) is 5.10 Å². The third kappa shape index (κ3) is 3.12. The van der Waals surface area contributed by atoms with Gasteiger partial charge >= 0.3 is 0 Å². The standard InChI is InChI=1S/C10H19N3O/c1-8(2)13-6-10(5-12-13)4-11-9(3)7-14/h5-6,8-9,11,14H,4,7H2,1-3H3/t9-/m0/s1. The van der Waals surface area contributed by atoms with Gasteiger partial charge in [0.15, 0.2) is 0 Å². The molecule has 0 aliphatic carbocycles. The average molecular weight is 197 g/mol. The van der Waals surface area contributed by atoms with Crippen molar-refractivity contribution in [1.29, 1.82) is 0 Å². The molecular formula is C10H19N3O. The van der Waals surface area contributed by atoms with Crippen LogP contribution in [0.15, 0.2) is 12.4 Å². The van der Waals surface area contributed by atoms with Gasteiger partial charge in [-0.3, -0.25) is 4.68 Å². The highest BCUT2D eigenvalue weighted by Gasteiger charge is 2.03. The van der Waals surface area contributed by atoms with E-state index in [1.165, 1.54) is 0 Å². The molecule has 0 saturated heterocycles. The third-order valence-electron chi connectivity index (χ3n) is 2.11. The van der Waals surface area contributed by atoms with E-state index in [0.29, 0.717) is 6.04 Å². The summed E-state index contributed by atoms with van der Waals surface area (Å²) in [5.41, 5.74) is 1.15. The molecule has 14 heavy (non-hydrogen) atoms. The molecule has 1 heterocycles. The summed E-state index contributed by atoms with van der Waals surface area (Å²) in [7, 11) is 0. The minimum absolute atomic E-state index is 0.136. The van der Waals surface area contributed by atoms with Gasteiger partial charge in [0.25, 0.3) is 0 Å². The molecule has 0 fully saturated rings. The summed E-state index contributed by atoms with van der Waals surface area (Å²) >= 11 is 0. The van der Waals surface area contributed by atoms with Crippen LogP contribution in [0.5, 0.6) is 0 Å². The first-order valence-corrected chi connectivity index (χ1v) is 5.00. The van der Waals surface area contributed by atoms with Gasteiger partial charge in [0.1, 0.15) is 0 Å². The summed E-state index contributed by atoms with van der Waals surface area (Å²) in [4.78, 5) is 0. The van der Waals surface area contributed by atoms with Crippen molar-refractivity contribution in [1.82, 2.24) is 15.1 Å². The maximum Gasteiger partial charge on any atom is 0.0582 e. The van der Waals surface area contributed by atoms with Crippen LogP contribution in [0.4, 0.5) is 0 Å². The predicted octanol–water partition coefficient (Wildman–Crippen LogP) is 0.934. The molecule has 0 aliphatic rings. The smallest absolute Gasteiger partial charge is 0.0582 e. The van der Waals surface area contributed by atoms with Crippen LogP contribution in [0.3, 0.4) is 0 Å². The first kappa shape index (κ1) is 11.2. The Kier molecular flexibility index (Phi) is 4.10. The summed E-state index contributed by atoms with van der Waals surface area (Å²) in [5.74, 6) is 0. The molecule has 0 radical (unpaired) electrons. The molecule has 0 amide bonds. The number of aliphatic hydroxyl groups is 1. The Hall–Kier alpha value is -0.870. The van der Waals surface area contributed by atoms with Gasteiger partial charge in [0.2, 0.25) is 0 Å². The van der Waals surface area contributed by atoms with Crippen molar-refractivity contribution in [3.05, 3.63) is 18.0 Å². The first-order chi connectivity index (χ1) is 6.63. The van der Waals surface area contributed by atoms with E-state index in [-0.39, 0.29) is 12.6 Å². The van der Waals surface area contributed by atoms with Crippen molar-refractivity contribution in [3.63, 3.8) is 0 Å². The predicted molar refractivity (Wildman–Crippen MR) is 56.0 cm³/mol. The average Bonchev–Trinajstić information content (AvgIpc) is 2.62. The lowest BCUT2D eigenvalue weighted by atomic mass is 10.3. The Bertz CT molecular complexity index is 270. The molecule has 2 N–H and O–H groups in total. The number of rotatable bonds is 5. The van der Waals surface area contributed by atoms with Crippen LogP contribution in [0, 0.1) is 0 Å². The molecule has 0 aromatic carbocycles. The summed E-state index contributed by atoms with van der Waals surface area (Å²) in [6.07, 6.45) is 3.89. The van der Waals surface area contributed by atoms with E-state index in [1.807, 2.05) is 24.0 Å². The highest BCUT2D eigenvalue weighted by atomic mass is 16.3. The lowest BCUT2D eigenvalue weighted by Crippen LogP contribution is -2.28. The van der Waals surface area contributed by atoms with Crippen LogP contribution in [-0.2, 0) is 6.54 Å². The highest BCUT2D eigenvalue weighted by Crippen LogP contribution is 2.04. The van der Waals surface area contributed by atoms with Gasteiger partial charge in [-0.05, 0) is 20.8 Å². The molecule has 0 spiro atoms. The zero-order valence-corrected chi connectivity index (χ0v) is 9.07. The van der Waals surface area contributed by atoms with Crippen LogP contribution in [0.2, 0.25) is 0 Å². The van der Waals surface area contributed by atoms with Gasteiger partial charge in [0.05, 0.1) is 12.8 Å². The molecule has 0 unspecified atom stereocenters. The lowest BCUT2D eigenvalue weighted by Gasteiger charge is -2.08. The van der Waals surface area contributed by atoms with Gasteiger partial charge in [-0.15, -0.1) is 0 Å². The summed E-state index contributed by atoms with van der Waals surface area (Å²) in [6.45, 7) is 7.07. The second kappa shape index (κ2) is 5.12. The number of hydrogen-bond donors (Lipinski definition) is 2. The topological polar surface area (TPSA) is 50.1 Å². The van der Waals surface area contributed by atoms with Gasteiger partial charge in [-0.25, -0.2) is 0 Å². The minimum atomic E-state index is 0.136. The second-order valence-corrected chi connectivity index (χ2v) is 3.89. The summed E-state index contributed by atoms with van der Waals surface area (Å²) < 4.78 is 1.93. The monoisotopic (exact) mass is 197 g/mol. The molecule has 0 bridgehead atoms. The van der Waals surface area contributed by atoms with Crippen molar-refractivity contribution in [2.24, 2.45) is 0 Å². The van der Waals surface area contributed by atoms with E-state index >= 15 is 0 Å². The number of nitrogens with zero attached hydrogens (tertiary/aromatic N) is 2. The Morgan fingerprint density at radius 1 is 1.50 bits per heavy atom. The SMILES string of the molecule is CC(C)n1cc(CN[C@@H](C)CO)cn1. The fourth-order valence-corrected chi connectivity index (χ4v) is 1.11. The molecule has 1 rings (SSSR count). The van der Waals surface area contributed by atoms with E-state index < -0.39 is 0 Å². The number of nitrogens with one attached hydrogen (secondary N) is 1. The van der Waals surface area contributed by atoms with E-state index in [9.17, 15) is 0 Å². The molecule has 1 aromatic heterocycles. The minimum Gasteiger partial charge on any atom is -0.395 e. The second-order valence-electron chi connectivity index (χ2n) is 3.89. The van der Waals surface area contributed by atoms with Crippen LogP contribution < -0.4 is 5.32 Å². The van der Waals surface area contributed by atoms with Crippen molar-refractivity contribution >= 4 is 0 Å². The van der Waals surface area contributed by atoms with E-state index in [4.69, 9.17) is 5.11 Å². The van der Waals surface area contributed by atoms with Crippen LogP contribution >= 0.6 is 0 Å². The van der Waals surface area contributed by atoms with Crippen LogP contribution in [0.25, 0.3) is 0 Å². The normalized spacial score (nSPS) is 13.5. The number of aliphatic hydroxyl groups excluding tert-OH is 1. The Morgan fingerprint density at radius 3 is 2.71 bits per heavy atom. The fourth-order valence-electron chi connectivity index (χ4n) is 1.11. The van der Waals surface area contributed by atoms with Gasteiger partial charge in [-0.1, -0.05) is 0 Å². The number of hydrogen-bond acceptors (Lipinski definition) is 3. The fraction of sp³-hybridized carbons (Fsp3) is 0.700. The highest BCUT2D eigenvalue weighted by molar-refractivity contribution is 5.03. The van der Waals surface area contributed by atoms with Crippen molar-refractivity contribution in [3.8, 4) is 0 Å². The van der Waals surface area contributed by atoms with Crippen LogP contribution in [-0.4, -0.2) is 27.5 Å². The first-order valence-electron chi connectivity index (χ1n) is 5.00. The van der Waals surface area contributed by atoms with Crippen molar-refractivity contribution < 1.29 is 5.11 Å². The molecule has 4 heteroatoms. The largest absolute Gasteiger partial charge is 0.395 e. The zero-order chi connectivity index (χ0) is 10.6. The van der Waals surface area contributed by atoms with Crippen molar-refractivity contribution in [2.75, 3.05) is 6.61 Å². The third-order valence-corrected chi connectivity index (χ3v) is 2.11. The number of aromatic nitrogens is 2. The Balaban J connectivity index is 2.44. The summed E-state index contributed by atoms with van der Waals surface area (Å²) in [6, 6.07) is 0.538. The van der Waals surface area contributed by atoms with E-state index in [2.05, 4.69) is 24.3 Å². The van der Waals surface area contributed by atoms with Crippen LogP contribution in [0.1, 0.15) is 32.4 Å². The van der Waals surface area contributed by atoms with Gasteiger partial charge in [0, 0.05) is 30.4 Å². The van der Waals surface area contributed by atoms with E-state index in [1.54, 1.807) is 0 Å².